The highest BCUT2D eigenvalue weighted by Crippen LogP contribution is 2.19. The van der Waals surface area contributed by atoms with E-state index in [9.17, 15) is 4.79 Å². The molecule has 0 aliphatic heterocycles. The van der Waals surface area contributed by atoms with Crippen LogP contribution in [0.15, 0.2) is 0 Å². The molecule has 0 fully saturated rings. The van der Waals surface area contributed by atoms with Gasteiger partial charge in [-0.2, -0.15) is 11.8 Å². The number of hydrogen-bond donors (Lipinski definition) is 1. The molecule has 0 aliphatic rings. The monoisotopic (exact) mass is 247 g/mol. The van der Waals surface area contributed by atoms with E-state index >= 15 is 0 Å². The Morgan fingerprint density at radius 2 is 2.06 bits per heavy atom. The minimum Gasteiger partial charge on any atom is -0.465 e. The minimum absolute atomic E-state index is 0.142. The Kier molecular flexibility index (Phi) is 7.85. The van der Waals surface area contributed by atoms with Crippen LogP contribution in [-0.4, -0.2) is 35.7 Å². The number of hydrogen-bond acceptors (Lipinski definition) is 4. The fraction of sp³-hybridized carbons (Fsp3) is 0.917. The van der Waals surface area contributed by atoms with E-state index in [2.05, 4.69) is 26.1 Å². The summed E-state index contributed by atoms with van der Waals surface area (Å²) in [5, 5.41) is 3.82. The summed E-state index contributed by atoms with van der Waals surface area (Å²) in [6.07, 6.45) is 1.02. The summed E-state index contributed by atoms with van der Waals surface area (Å²) in [7, 11) is 0. The van der Waals surface area contributed by atoms with Gasteiger partial charge < -0.3 is 10.1 Å². The van der Waals surface area contributed by atoms with E-state index in [0.29, 0.717) is 11.9 Å². The van der Waals surface area contributed by atoms with Crippen LogP contribution in [0.1, 0.15) is 41.0 Å². The van der Waals surface area contributed by atoms with Crippen LogP contribution in [0.4, 0.5) is 0 Å². The largest absolute Gasteiger partial charge is 0.465 e. The lowest BCUT2D eigenvalue weighted by Crippen LogP contribution is -2.53. The van der Waals surface area contributed by atoms with E-state index < -0.39 is 5.54 Å². The lowest BCUT2D eigenvalue weighted by Gasteiger charge is -2.28. The lowest BCUT2D eigenvalue weighted by atomic mass is 10.1. The molecule has 0 aromatic heterocycles. The molecule has 1 unspecified atom stereocenters. The van der Waals surface area contributed by atoms with Crippen molar-refractivity contribution in [1.29, 1.82) is 0 Å². The van der Waals surface area contributed by atoms with Crippen LogP contribution in [0.2, 0.25) is 0 Å². The molecule has 0 spiro atoms. The molecular weight excluding hydrogens is 222 g/mol. The Balaban J connectivity index is 4.40. The second-order valence-electron chi connectivity index (χ2n) is 4.34. The van der Waals surface area contributed by atoms with Crippen LogP contribution in [0.3, 0.4) is 0 Å². The molecule has 0 saturated carbocycles. The van der Waals surface area contributed by atoms with Gasteiger partial charge in [0.2, 0.25) is 0 Å². The summed E-state index contributed by atoms with van der Waals surface area (Å²) in [6, 6.07) is 0. The van der Waals surface area contributed by atoms with Gasteiger partial charge in [0.05, 0.1) is 6.61 Å². The molecule has 0 radical (unpaired) electrons. The zero-order chi connectivity index (χ0) is 12.6. The van der Waals surface area contributed by atoms with Crippen molar-refractivity contribution >= 4 is 17.7 Å². The molecule has 0 bridgehead atoms. The van der Waals surface area contributed by atoms with E-state index in [1.54, 1.807) is 11.8 Å². The summed E-state index contributed by atoms with van der Waals surface area (Å²) in [5.74, 6) is 0.611. The molecule has 0 aromatic carbocycles. The Morgan fingerprint density at radius 3 is 2.50 bits per heavy atom. The maximum Gasteiger partial charge on any atom is 0.326 e. The quantitative estimate of drug-likeness (QED) is 0.669. The van der Waals surface area contributed by atoms with Crippen molar-refractivity contribution in [3.63, 3.8) is 0 Å². The molecule has 96 valence electrons. The molecule has 0 amide bonds. The molecule has 3 nitrogen and oxygen atoms in total. The molecule has 0 heterocycles. The van der Waals surface area contributed by atoms with Crippen molar-refractivity contribution in [3.05, 3.63) is 0 Å². The first-order chi connectivity index (χ1) is 7.46. The molecule has 16 heavy (non-hydrogen) atoms. The van der Waals surface area contributed by atoms with Crippen molar-refractivity contribution in [2.24, 2.45) is 0 Å². The first-order valence-electron chi connectivity index (χ1n) is 6.00. The molecule has 0 aromatic rings. The predicted molar refractivity (Wildman–Crippen MR) is 70.9 cm³/mol. The average Bonchev–Trinajstić information content (AvgIpc) is 2.24. The van der Waals surface area contributed by atoms with Crippen LogP contribution in [-0.2, 0) is 9.53 Å². The first-order valence-corrected chi connectivity index (χ1v) is 7.05. The topological polar surface area (TPSA) is 38.3 Å². The standard InChI is InChI=1S/C12H25NO2S/c1-6-8-13-12(5,9-16-10(3)4)11(14)15-7-2/h10,13H,6-9H2,1-5H3. The highest BCUT2D eigenvalue weighted by atomic mass is 32.2. The summed E-state index contributed by atoms with van der Waals surface area (Å²) in [5.41, 5.74) is -0.555. The van der Waals surface area contributed by atoms with E-state index in [0.717, 1.165) is 18.7 Å². The number of rotatable bonds is 8. The van der Waals surface area contributed by atoms with Gasteiger partial charge in [-0.1, -0.05) is 20.8 Å². The fourth-order valence-electron chi connectivity index (χ4n) is 1.21. The smallest absolute Gasteiger partial charge is 0.326 e. The van der Waals surface area contributed by atoms with Gasteiger partial charge in [-0.25, -0.2) is 0 Å². The predicted octanol–water partition coefficient (Wildman–Crippen LogP) is 2.45. The van der Waals surface area contributed by atoms with Crippen molar-refractivity contribution in [2.75, 3.05) is 18.9 Å². The van der Waals surface area contributed by atoms with E-state index in [-0.39, 0.29) is 5.97 Å². The Morgan fingerprint density at radius 1 is 1.44 bits per heavy atom. The van der Waals surface area contributed by atoms with Crippen LogP contribution in [0, 0.1) is 0 Å². The first kappa shape index (κ1) is 15.8. The van der Waals surface area contributed by atoms with Crippen molar-refractivity contribution in [1.82, 2.24) is 5.32 Å². The third kappa shape index (κ3) is 5.75. The van der Waals surface area contributed by atoms with Crippen LogP contribution in [0.5, 0.6) is 0 Å². The highest BCUT2D eigenvalue weighted by molar-refractivity contribution is 7.99. The second-order valence-corrected chi connectivity index (χ2v) is 5.90. The molecule has 4 heteroatoms. The van der Waals surface area contributed by atoms with Crippen LogP contribution < -0.4 is 5.32 Å². The minimum atomic E-state index is -0.555. The molecular formula is C12H25NO2S. The Hall–Kier alpha value is -0.220. The fourth-order valence-corrected chi connectivity index (χ4v) is 2.09. The maximum atomic E-state index is 11.9. The summed E-state index contributed by atoms with van der Waals surface area (Å²) in [4.78, 5) is 11.9. The molecule has 0 rings (SSSR count). The lowest BCUT2D eigenvalue weighted by molar-refractivity contribution is -0.149. The number of carbonyl (C=O) groups excluding carboxylic acids is 1. The summed E-state index contributed by atoms with van der Waals surface area (Å²) < 4.78 is 5.12. The third-order valence-electron chi connectivity index (χ3n) is 2.20. The number of thioether (sulfide) groups is 1. The number of esters is 1. The van der Waals surface area contributed by atoms with E-state index in [1.165, 1.54) is 0 Å². The normalized spacial score (nSPS) is 14.9. The van der Waals surface area contributed by atoms with Gasteiger partial charge in [0.1, 0.15) is 5.54 Å². The van der Waals surface area contributed by atoms with Crippen molar-refractivity contribution in [3.8, 4) is 0 Å². The Labute approximate surface area is 104 Å². The van der Waals surface area contributed by atoms with Gasteiger partial charge in [0.15, 0.2) is 0 Å². The molecule has 0 aliphatic carbocycles. The van der Waals surface area contributed by atoms with E-state index in [1.807, 2.05) is 13.8 Å². The number of nitrogens with one attached hydrogen (secondary N) is 1. The van der Waals surface area contributed by atoms with Gasteiger partial charge in [-0.3, -0.25) is 4.79 Å². The second kappa shape index (κ2) is 7.96. The SMILES string of the molecule is CCCNC(C)(CSC(C)C)C(=O)OCC. The van der Waals surface area contributed by atoms with E-state index in [4.69, 9.17) is 4.74 Å². The zero-order valence-corrected chi connectivity index (χ0v) is 11.9. The third-order valence-corrected chi connectivity index (χ3v) is 3.61. The number of carbonyl (C=O) groups is 1. The molecule has 0 saturated heterocycles. The van der Waals surface area contributed by atoms with Crippen molar-refractivity contribution in [2.45, 2.75) is 51.8 Å². The van der Waals surface area contributed by atoms with Gasteiger partial charge >= 0.3 is 5.97 Å². The summed E-state index contributed by atoms with van der Waals surface area (Å²) in [6.45, 7) is 11.4. The molecule has 1 atom stereocenters. The molecule has 1 N–H and O–H groups in total. The van der Waals surface area contributed by atoms with Crippen molar-refractivity contribution < 1.29 is 9.53 Å². The highest BCUT2D eigenvalue weighted by Gasteiger charge is 2.34. The van der Waals surface area contributed by atoms with Gasteiger partial charge in [-0.05, 0) is 32.1 Å². The van der Waals surface area contributed by atoms with Gasteiger partial charge in [0, 0.05) is 5.75 Å². The van der Waals surface area contributed by atoms with Crippen LogP contribution in [0.25, 0.3) is 0 Å². The number of ether oxygens (including phenoxy) is 1. The zero-order valence-electron chi connectivity index (χ0n) is 11.1. The van der Waals surface area contributed by atoms with Gasteiger partial charge in [-0.15, -0.1) is 0 Å². The summed E-state index contributed by atoms with van der Waals surface area (Å²) >= 11 is 1.78. The van der Waals surface area contributed by atoms with Gasteiger partial charge in [0.25, 0.3) is 0 Å². The Bertz CT molecular complexity index is 209. The maximum absolute atomic E-state index is 11.9. The van der Waals surface area contributed by atoms with Crippen LogP contribution >= 0.6 is 11.8 Å². The average molecular weight is 247 g/mol.